The Kier molecular flexibility index (Phi) is 2.52. The lowest BCUT2D eigenvalue weighted by atomic mass is 10.1. The number of oxazole rings is 1. The average molecular weight is 268 g/mol. The van der Waals surface area contributed by atoms with Crippen LogP contribution in [0, 0.1) is 0 Å². The Bertz CT molecular complexity index is 712. The van der Waals surface area contributed by atoms with E-state index in [0.717, 1.165) is 36.5 Å². The summed E-state index contributed by atoms with van der Waals surface area (Å²) in [6.45, 7) is 0.979. The molecule has 0 spiro atoms. The van der Waals surface area contributed by atoms with Gasteiger partial charge in [-0.1, -0.05) is 12.1 Å². The third-order valence-corrected chi connectivity index (χ3v) is 3.89. The average Bonchev–Trinajstić information content (AvgIpc) is 3.15. The first kappa shape index (κ1) is 11.5. The molecule has 0 aliphatic carbocycles. The van der Waals surface area contributed by atoms with E-state index in [1.54, 1.807) is 0 Å². The minimum atomic E-state index is 0.316. The van der Waals surface area contributed by atoms with Crippen LogP contribution in [0.2, 0.25) is 0 Å². The second kappa shape index (κ2) is 4.37. The van der Waals surface area contributed by atoms with E-state index < -0.39 is 0 Å². The lowest BCUT2D eigenvalue weighted by molar-refractivity contribution is 0.557. The number of nitrogens with zero attached hydrogens (tertiary/aromatic N) is 4. The first-order valence-electron chi connectivity index (χ1n) is 6.92. The highest BCUT2D eigenvalue weighted by molar-refractivity contribution is 5.74. The number of hydrogen-bond donors (Lipinski definition) is 0. The Morgan fingerprint density at radius 1 is 1.30 bits per heavy atom. The predicted molar refractivity (Wildman–Crippen MR) is 76.5 cm³/mol. The van der Waals surface area contributed by atoms with Crippen molar-refractivity contribution < 1.29 is 4.42 Å². The van der Waals surface area contributed by atoms with Gasteiger partial charge in [0.05, 0.1) is 12.2 Å². The van der Waals surface area contributed by atoms with Gasteiger partial charge in [-0.05, 0) is 25.0 Å². The molecule has 1 aliphatic rings. The summed E-state index contributed by atoms with van der Waals surface area (Å²) >= 11 is 0. The molecule has 1 unspecified atom stereocenters. The van der Waals surface area contributed by atoms with Crippen molar-refractivity contribution in [2.75, 3.05) is 11.4 Å². The van der Waals surface area contributed by atoms with Crippen LogP contribution in [0.3, 0.4) is 0 Å². The molecule has 1 saturated heterocycles. The predicted octanol–water partition coefficient (Wildman–Crippen LogP) is 2.90. The van der Waals surface area contributed by atoms with Crippen LogP contribution >= 0.6 is 0 Å². The molecule has 1 fully saturated rings. The summed E-state index contributed by atoms with van der Waals surface area (Å²) in [6.07, 6.45) is 6.28. The molecule has 2 aromatic heterocycles. The van der Waals surface area contributed by atoms with Crippen LogP contribution in [0.4, 0.5) is 6.01 Å². The van der Waals surface area contributed by atoms with Gasteiger partial charge in [-0.3, -0.25) is 4.68 Å². The zero-order valence-corrected chi connectivity index (χ0v) is 11.4. The van der Waals surface area contributed by atoms with Gasteiger partial charge in [-0.25, -0.2) is 0 Å². The number of aryl methyl sites for hydroxylation is 1. The molecule has 1 aliphatic heterocycles. The van der Waals surface area contributed by atoms with Crippen molar-refractivity contribution in [1.82, 2.24) is 14.8 Å². The zero-order valence-electron chi connectivity index (χ0n) is 11.4. The summed E-state index contributed by atoms with van der Waals surface area (Å²) in [5.74, 6) is 0. The zero-order chi connectivity index (χ0) is 13.5. The number of rotatable bonds is 2. The van der Waals surface area contributed by atoms with E-state index in [-0.39, 0.29) is 0 Å². The molecule has 20 heavy (non-hydrogen) atoms. The summed E-state index contributed by atoms with van der Waals surface area (Å²) < 4.78 is 7.74. The van der Waals surface area contributed by atoms with Crippen LogP contribution < -0.4 is 4.90 Å². The molecule has 0 saturated carbocycles. The SMILES string of the molecule is Cn1cc(C2CCCN2c2nc3ccccc3o2)cn1. The normalized spacial score (nSPS) is 19.1. The van der Waals surface area contributed by atoms with Gasteiger partial charge in [0.15, 0.2) is 5.58 Å². The topological polar surface area (TPSA) is 47.1 Å². The Balaban J connectivity index is 1.72. The number of fused-ring (bicyclic) bond motifs is 1. The number of aromatic nitrogens is 3. The maximum atomic E-state index is 5.90. The van der Waals surface area contributed by atoms with Gasteiger partial charge in [-0.2, -0.15) is 10.1 Å². The van der Waals surface area contributed by atoms with Crippen molar-refractivity contribution in [3.05, 3.63) is 42.2 Å². The first-order chi connectivity index (χ1) is 9.81. The Hall–Kier alpha value is -2.30. The van der Waals surface area contributed by atoms with E-state index in [1.165, 1.54) is 5.56 Å². The van der Waals surface area contributed by atoms with Crippen molar-refractivity contribution in [3.8, 4) is 0 Å². The second-order valence-electron chi connectivity index (χ2n) is 5.26. The van der Waals surface area contributed by atoms with Crippen LogP contribution in [0.1, 0.15) is 24.4 Å². The van der Waals surface area contributed by atoms with Crippen LogP contribution in [-0.4, -0.2) is 21.3 Å². The van der Waals surface area contributed by atoms with Gasteiger partial charge in [-0.15, -0.1) is 0 Å². The van der Waals surface area contributed by atoms with Gasteiger partial charge in [0, 0.05) is 25.4 Å². The summed E-state index contributed by atoms with van der Waals surface area (Å²) in [6, 6.07) is 8.93. The van der Waals surface area contributed by atoms with Crippen molar-refractivity contribution in [2.45, 2.75) is 18.9 Å². The summed E-state index contributed by atoms with van der Waals surface area (Å²) in [7, 11) is 1.95. The lowest BCUT2D eigenvalue weighted by Crippen LogP contribution is -2.22. The highest BCUT2D eigenvalue weighted by Gasteiger charge is 2.30. The van der Waals surface area contributed by atoms with Crippen LogP contribution in [0.25, 0.3) is 11.1 Å². The van der Waals surface area contributed by atoms with E-state index in [4.69, 9.17) is 4.42 Å². The summed E-state index contributed by atoms with van der Waals surface area (Å²) in [5, 5.41) is 4.27. The fraction of sp³-hybridized carbons (Fsp3) is 0.333. The van der Waals surface area contributed by atoms with Crippen molar-refractivity contribution in [2.24, 2.45) is 7.05 Å². The van der Waals surface area contributed by atoms with Crippen molar-refractivity contribution >= 4 is 17.1 Å². The maximum absolute atomic E-state index is 5.90. The van der Waals surface area contributed by atoms with Gasteiger partial charge >= 0.3 is 0 Å². The molecule has 5 nitrogen and oxygen atoms in total. The Morgan fingerprint density at radius 3 is 3.00 bits per heavy atom. The standard InChI is InChI=1S/C15H16N4O/c1-18-10-11(9-16-18)13-6-4-8-19(13)15-17-12-5-2-3-7-14(12)20-15/h2-3,5,7,9-10,13H,4,6,8H2,1H3. The van der Waals surface area contributed by atoms with Gasteiger partial charge in [0.1, 0.15) is 5.52 Å². The van der Waals surface area contributed by atoms with Crippen LogP contribution in [-0.2, 0) is 7.05 Å². The Labute approximate surface area is 116 Å². The quantitative estimate of drug-likeness (QED) is 0.717. The van der Waals surface area contributed by atoms with E-state index >= 15 is 0 Å². The molecule has 3 aromatic rings. The van der Waals surface area contributed by atoms with Crippen molar-refractivity contribution in [1.29, 1.82) is 0 Å². The first-order valence-corrected chi connectivity index (χ1v) is 6.92. The molecule has 102 valence electrons. The minimum absolute atomic E-state index is 0.316. The Morgan fingerprint density at radius 2 is 2.20 bits per heavy atom. The smallest absolute Gasteiger partial charge is 0.298 e. The molecule has 0 bridgehead atoms. The second-order valence-corrected chi connectivity index (χ2v) is 5.26. The summed E-state index contributed by atoms with van der Waals surface area (Å²) in [5.41, 5.74) is 2.99. The van der Waals surface area contributed by atoms with E-state index in [0.29, 0.717) is 6.04 Å². The fourth-order valence-electron chi connectivity index (χ4n) is 2.94. The molecule has 1 atom stereocenters. The molecular weight excluding hydrogens is 252 g/mol. The number of anilines is 1. The van der Waals surface area contributed by atoms with Crippen molar-refractivity contribution in [3.63, 3.8) is 0 Å². The molecule has 1 aromatic carbocycles. The third-order valence-electron chi connectivity index (χ3n) is 3.89. The number of hydrogen-bond acceptors (Lipinski definition) is 4. The highest BCUT2D eigenvalue weighted by Crippen LogP contribution is 2.36. The number of para-hydroxylation sites is 2. The van der Waals surface area contributed by atoms with Crippen LogP contribution in [0.15, 0.2) is 41.1 Å². The van der Waals surface area contributed by atoms with Gasteiger partial charge < -0.3 is 9.32 Å². The monoisotopic (exact) mass is 268 g/mol. The molecule has 0 radical (unpaired) electrons. The van der Waals surface area contributed by atoms with E-state index in [1.807, 2.05) is 42.2 Å². The van der Waals surface area contributed by atoms with Crippen LogP contribution in [0.5, 0.6) is 0 Å². The highest BCUT2D eigenvalue weighted by atomic mass is 16.4. The van der Waals surface area contributed by atoms with E-state index in [2.05, 4.69) is 21.2 Å². The molecular formula is C15H16N4O. The molecule has 0 amide bonds. The summed E-state index contributed by atoms with van der Waals surface area (Å²) in [4.78, 5) is 6.86. The largest absolute Gasteiger partial charge is 0.423 e. The van der Waals surface area contributed by atoms with E-state index in [9.17, 15) is 0 Å². The molecule has 4 rings (SSSR count). The maximum Gasteiger partial charge on any atom is 0.298 e. The van der Waals surface area contributed by atoms with Gasteiger partial charge in [0.2, 0.25) is 0 Å². The number of benzene rings is 1. The fourth-order valence-corrected chi connectivity index (χ4v) is 2.94. The molecule has 0 N–H and O–H groups in total. The third kappa shape index (κ3) is 1.78. The van der Waals surface area contributed by atoms with Gasteiger partial charge in [0.25, 0.3) is 6.01 Å². The molecule has 3 heterocycles. The minimum Gasteiger partial charge on any atom is -0.423 e. The lowest BCUT2D eigenvalue weighted by Gasteiger charge is -2.21. The molecule has 5 heteroatoms.